The Morgan fingerprint density at radius 2 is 2.19 bits per heavy atom. The van der Waals surface area contributed by atoms with Crippen LogP contribution in [0.5, 0.6) is 0 Å². The standard InChI is InChI=1S/C9H13N3O3S/c1-16(14,15)12-9(13)5-7-11-8-4-2-3-6-10-8/h2-4,6H,5,7H2,1H3,(H,10,11)(H,12,13). The summed E-state index contributed by atoms with van der Waals surface area (Å²) in [4.78, 5) is 15.1. The summed E-state index contributed by atoms with van der Waals surface area (Å²) in [6, 6.07) is 5.35. The molecule has 0 radical (unpaired) electrons. The zero-order chi connectivity index (χ0) is 12.0. The molecule has 0 aliphatic heterocycles. The number of pyridine rings is 1. The molecular weight excluding hydrogens is 230 g/mol. The molecule has 16 heavy (non-hydrogen) atoms. The maximum absolute atomic E-state index is 11.1. The highest BCUT2D eigenvalue weighted by Crippen LogP contribution is 1.99. The maximum Gasteiger partial charge on any atom is 0.235 e. The number of nitrogens with one attached hydrogen (secondary N) is 2. The molecule has 1 heterocycles. The van der Waals surface area contributed by atoms with E-state index < -0.39 is 15.9 Å². The lowest BCUT2D eigenvalue weighted by Gasteiger charge is -2.05. The van der Waals surface area contributed by atoms with Crippen molar-refractivity contribution in [2.24, 2.45) is 0 Å². The molecule has 0 unspecified atom stereocenters. The molecule has 0 atom stereocenters. The van der Waals surface area contributed by atoms with Crippen molar-refractivity contribution in [2.75, 3.05) is 18.1 Å². The lowest BCUT2D eigenvalue weighted by molar-refractivity contribution is -0.119. The zero-order valence-corrected chi connectivity index (χ0v) is 9.62. The number of aromatic nitrogens is 1. The van der Waals surface area contributed by atoms with Gasteiger partial charge in [-0.05, 0) is 12.1 Å². The van der Waals surface area contributed by atoms with Gasteiger partial charge in [0.2, 0.25) is 15.9 Å². The van der Waals surface area contributed by atoms with Gasteiger partial charge >= 0.3 is 0 Å². The summed E-state index contributed by atoms with van der Waals surface area (Å²) in [5.74, 6) is 0.112. The van der Waals surface area contributed by atoms with E-state index in [0.717, 1.165) is 6.26 Å². The molecule has 0 aliphatic rings. The molecule has 6 nitrogen and oxygen atoms in total. The van der Waals surface area contributed by atoms with Crippen LogP contribution in [-0.4, -0.2) is 32.1 Å². The van der Waals surface area contributed by atoms with Gasteiger partial charge in [0.15, 0.2) is 0 Å². The van der Waals surface area contributed by atoms with E-state index in [1.807, 2.05) is 10.8 Å². The highest BCUT2D eigenvalue weighted by Gasteiger charge is 2.07. The van der Waals surface area contributed by atoms with Crippen LogP contribution in [0.3, 0.4) is 0 Å². The first kappa shape index (κ1) is 12.4. The van der Waals surface area contributed by atoms with Crippen LogP contribution < -0.4 is 10.0 Å². The summed E-state index contributed by atoms with van der Waals surface area (Å²) in [7, 11) is -3.46. The van der Waals surface area contributed by atoms with Crippen molar-refractivity contribution >= 4 is 21.7 Å². The smallest absolute Gasteiger partial charge is 0.235 e. The number of anilines is 1. The number of rotatable bonds is 5. The van der Waals surface area contributed by atoms with Gasteiger partial charge in [-0.3, -0.25) is 9.52 Å². The highest BCUT2D eigenvalue weighted by atomic mass is 32.2. The maximum atomic E-state index is 11.1. The number of nitrogens with zero attached hydrogens (tertiary/aromatic N) is 1. The topological polar surface area (TPSA) is 88.2 Å². The Balaban J connectivity index is 2.29. The van der Waals surface area contributed by atoms with Gasteiger partial charge in [-0.2, -0.15) is 0 Å². The lowest BCUT2D eigenvalue weighted by Crippen LogP contribution is -2.30. The van der Waals surface area contributed by atoms with Gasteiger partial charge in [-0.25, -0.2) is 13.4 Å². The lowest BCUT2D eigenvalue weighted by atomic mass is 10.4. The largest absolute Gasteiger partial charge is 0.370 e. The van der Waals surface area contributed by atoms with Gasteiger partial charge < -0.3 is 5.32 Å². The van der Waals surface area contributed by atoms with Crippen molar-refractivity contribution in [3.63, 3.8) is 0 Å². The third-order valence-electron chi connectivity index (χ3n) is 1.62. The first-order valence-electron chi connectivity index (χ1n) is 4.63. The van der Waals surface area contributed by atoms with E-state index >= 15 is 0 Å². The first-order valence-corrected chi connectivity index (χ1v) is 6.52. The fourth-order valence-corrected chi connectivity index (χ4v) is 1.54. The molecule has 1 amide bonds. The average Bonchev–Trinajstić information content (AvgIpc) is 2.16. The van der Waals surface area contributed by atoms with Crippen LogP contribution in [-0.2, 0) is 14.8 Å². The predicted molar refractivity (Wildman–Crippen MR) is 60.3 cm³/mol. The summed E-state index contributed by atoms with van der Waals surface area (Å²) in [5.41, 5.74) is 0. The molecule has 1 aromatic heterocycles. The number of carbonyl (C=O) groups is 1. The van der Waals surface area contributed by atoms with E-state index in [2.05, 4.69) is 10.3 Å². The SMILES string of the molecule is CS(=O)(=O)NC(=O)CCNc1ccccn1. The molecule has 0 saturated carbocycles. The van der Waals surface area contributed by atoms with Gasteiger partial charge in [0, 0.05) is 19.2 Å². The first-order chi connectivity index (χ1) is 7.47. The molecule has 0 saturated heterocycles. The Bertz CT molecular complexity index is 444. The number of carbonyl (C=O) groups excluding carboxylic acids is 1. The molecule has 88 valence electrons. The van der Waals surface area contributed by atoms with Crippen LogP contribution in [0, 0.1) is 0 Å². The number of hydrogen-bond acceptors (Lipinski definition) is 5. The monoisotopic (exact) mass is 243 g/mol. The minimum atomic E-state index is -3.46. The molecular formula is C9H13N3O3S. The second-order valence-electron chi connectivity index (χ2n) is 3.19. The van der Waals surface area contributed by atoms with Crippen molar-refractivity contribution < 1.29 is 13.2 Å². The van der Waals surface area contributed by atoms with Gasteiger partial charge in [-0.1, -0.05) is 6.07 Å². The normalized spacial score (nSPS) is 10.8. The minimum Gasteiger partial charge on any atom is -0.370 e. The van der Waals surface area contributed by atoms with E-state index in [9.17, 15) is 13.2 Å². The summed E-state index contributed by atoms with van der Waals surface area (Å²) in [6.45, 7) is 0.332. The number of hydrogen-bond donors (Lipinski definition) is 2. The Labute approximate surface area is 94.1 Å². The Kier molecular flexibility index (Phi) is 4.24. The molecule has 0 spiro atoms. The fourth-order valence-electron chi connectivity index (χ4n) is 1.03. The Hall–Kier alpha value is -1.63. The van der Waals surface area contributed by atoms with Crippen molar-refractivity contribution in [3.8, 4) is 0 Å². The highest BCUT2D eigenvalue weighted by molar-refractivity contribution is 7.89. The van der Waals surface area contributed by atoms with Gasteiger partial charge in [0.25, 0.3) is 0 Å². The van der Waals surface area contributed by atoms with E-state index in [-0.39, 0.29) is 6.42 Å². The minimum absolute atomic E-state index is 0.0731. The molecule has 7 heteroatoms. The van der Waals surface area contributed by atoms with Crippen LogP contribution >= 0.6 is 0 Å². The third-order valence-corrected chi connectivity index (χ3v) is 2.22. The van der Waals surface area contributed by atoms with Crippen molar-refractivity contribution in [3.05, 3.63) is 24.4 Å². The summed E-state index contributed by atoms with van der Waals surface area (Å²) in [5, 5.41) is 2.89. The molecule has 0 bridgehead atoms. The van der Waals surface area contributed by atoms with Crippen molar-refractivity contribution in [1.82, 2.24) is 9.71 Å². The van der Waals surface area contributed by atoms with Gasteiger partial charge in [0.05, 0.1) is 6.26 Å². The van der Waals surface area contributed by atoms with Gasteiger partial charge in [-0.15, -0.1) is 0 Å². The molecule has 0 aliphatic carbocycles. The Morgan fingerprint density at radius 1 is 1.44 bits per heavy atom. The molecule has 2 N–H and O–H groups in total. The Morgan fingerprint density at radius 3 is 2.75 bits per heavy atom. The second-order valence-corrected chi connectivity index (χ2v) is 4.94. The van der Waals surface area contributed by atoms with E-state index in [0.29, 0.717) is 12.4 Å². The van der Waals surface area contributed by atoms with Gasteiger partial charge in [0.1, 0.15) is 5.82 Å². The quantitative estimate of drug-likeness (QED) is 0.757. The molecule has 0 fully saturated rings. The van der Waals surface area contributed by atoms with E-state index in [1.165, 1.54) is 0 Å². The number of sulfonamides is 1. The van der Waals surface area contributed by atoms with Crippen molar-refractivity contribution in [1.29, 1.82) is 0 Å². The molecule has 0 aromatic carbocycles. The second kappa shape index (κ2) is 5.45. The van der Waals surface area contributed by atoms with Crippen LogP contribution in [0.25, 0.3) is 0 Å². The summed E-state index contributed by atoms with van der Waals surface area (Å²) < 4.78 is 23.3. The van der Waals surface area contributed by atoms with E-state index in [1.54, 1.807) is 18.3 Å². The molecule has 1 rings (SSSR count). The van der Waals surface area contributed by atoms with E-state index in [4.69, 9.17) is 0 Å². The van der Waals surface area contributed by atoms with Crippen molar-refractivity contribution in [2.45, 2.75) is 6.42 Å². The zero-order valence-electron chi connectivity index (χ0n) is 8.80. The summed E-state index contributed by atoms with van der Waals surface area (Å²) >= 11 is 0. The predicted octanol–water partition coefficient (Wildman–Crippen LogP) is -0.0406. The summed E-state index contributed by atoms with van der Waals surface area (Å²) in [6.07, 6.45) is 2.64. The fraction of sp³-hybridized carbons (Fsp3) is 0.333. The van der Waals surface area contributed by atoms with Crippen LogP contribution in [0.1, 0.15) is 6.42 Å². The average molecular weight is 243 g/mol. The molecule has 1 aromatic rings. The third kappa shape index (κ3) is 5.30. The number of amides is 1. The van der Waals surface area contributed by atoms with Crippen LogP contribution in [0.2, 0.25) is 0 Å². The van der Waals surface area contributed by atoms with Crippen LogP contribution in [0.15, 0.2) is 24.4 Å². The van der Waals surface area contributed by atoms with Crippen LogP contribution in [0.4, 0.5) is 5.82 Å².